The third-order valence-electron chi connectivity index (χ3n) is 3.82. The highest BCUT2D eigenvalue weighted by Gasteiger charge is 2.18. The van der Waals surface area contributed by atoms with Crippen LogP contribution < -0.4 is 5.32 Å². The van der Waals surface area contributed by atoms with Gasteiger partial charge in [0.15, 0.2) is 0 Å². The summed E-state index contributed by atoms with van der Waals surface area (Å²) in [6.07, 6.45) is 3.74. The lowest BCUT2D eigenvalue weighted by molar-refractivity contribution is 0.363. The Kier molecular flexibility index (Phi) is 6.42. The fourth-order valence-corrected chi connectivity index (χ4v) is 2.53. The Morgan fingerprint density at radius 3 is 2.33 bits per heavy atom. The standard InChI is InChI=1S/C17H29N/c1-6-8-14(4)17(18-11-7-2)16-10-9-13(3)15(5)12-16/h9-10,12,14,17-18H,6-8,11H2,1-5H3. The summed E-state index contributed by atoms with van der Waals surface area (Å²) < 4.78 is 0. The van der Waals surface area contributed by atoms with Gasteiger partial charge in [-0.2, -0.15) is 0 Å². The van der Waals surface area contributed by atoms with Crippen LogP contribution in [0.3, 0.4) is 0 Å². The van der Waals surface area contributed by atoms with E-state index in [4.69, 9.17) is 0 Å². The highest BCUT2D eigenvalue weighted by atomic mass is 14.9. The molecule has 1 rings (SSSR count). The summed E-state index contributed by atoms with van der Waals surface area (Å²) in [5.41, 5.74) is 4.24. The average Bonchev–Trinajstić information content (AvgIpc) is 2.34. The van der Waals surface area contributed by atoms with Gasteiger partial charge < -0.3 is 5.32 Å². The molecule has 1 aromatic carbocycles. The zero-order valence-electron chi connectivity index (χ0n) is 12.7. The highest BCUT2D eigenvalue weighted by molar-refractivity contribution is 5.32. The van der Waals surface area contributed by atoms with E-state index in [-0.39, 0.29) is 0 Å². The van der Waals surface area contributed by atoms with Crippen LogP contribution in [0.2, 0.25) is 0 Å². The maximum absolute atomic E-state index is 3.72. The largest absolute Gasteiger partial charge is 0.310 e. The van der Waals surface area contributed by atoms with Gasteiger partial charge in [0.05, 0.1) is 0 Å². The summed E-state index contributed by atoms with van der Waals surface area (Å²) in [7, 11) is 0. The lowest BCUT2D eigenvalue weighted by Crippen LogP contribution is -2.27. The van der Waals surface area contributed by atoms with Gasteiger partial charge in [0.1, 0.15) is 0 Å². The molecule has 18 heavy (non-hydrogen) atoms. The zero-order chi connectivity index (χ0) is 13.5. The number of nitrogens with one attached hydrogen (secondary N) is 1. The molecule has 0 saturated carbocycles. The van der Waals surface area contributed by atoms with Crippen molar-refractivity contribution >= 4 is 0 Å². The van der Waals surface area contributed by atoms with Gasteiger partial charge in [-0.3, -0.25) is 0 Å². The van der Waals surface area contributed by atoms with E-state index in [2.05, 4.69) is 58.1 Å². The molecule has 1 aromatic rings. The number of hydrogen-bond donors (Lipinski definition) is 1. The summed E-state index contributed by atoms with van der Waals surface area (Å²) >= 11 is 0. The van der Waals surface area contributed by atoms with Gasteiger partial charge >= 0.3 is 0 Å². The molecule has 0 aliphatic heterocycles. The second-order valence-electron chi connectivity index (χ2n) is 5.54. The molecular formula is C17H29N. The Labute approximate surface area is 113 Å². The molecular weight excluding hydrogens is 218 g/mol. The molecule has 1 heteroatoms. The minimum absolute atomic E-state index is 0.504. The van der Waals surface area contributed by atoms with Crippen molar-refractivity contribution in [1.82, 2.24) is 5.32 Å². The molecule has 0 spiro atoms. The van der Waals surface area contributed by atoms with Gasteiger partial charge in [-0.15, -0.1) is 0 Å². The first-order chi connectivity index (χ1) is 8.60. The SMILES string of the molecule is CCCNC(c1ccc(C)c(C)c1)C(C)CCC. The van der Waals surface area contributed by atoms with Gasteiger partial charge in [0.25, 0.3) is 0 Å². The van der Waals surface area contributed by atoms with Crippen molar-refractivity contribution in [2.75, 3.05) is 6.54 Å². The highest BCUT2D eigenvalue weighted by Crippen LogP contribution is 2.27. The molecule has 0 radical (unpaired) electrons. The van der Waals surface area contributed by atoms with Crippen molar-refractivity contribution in [2.24, 2.45) is 5.92 Å². The number of aryl methyl sites for hydroxylation is 2. The Balaban J connectivity index is 2.89. The topological polar surface area (TPSA) is 12.0 Å². The van der Waals surface area contributed by atoms with Gasteiger partial charge in [-0.25, -0.2) is 0 Å². The predicted octanol–water partition coefficient (Wildman–Crippen LogP) is 4.78. The minimum Gasteiger partial charge on any atom is -0.310 e. The summed E-state index contributed by atoms with van der Waals surface area (Å²) in [5, 5.41) is 3.72. The molecule has 0 fully saturated rings. The van der Waals surface area contributed by atoms with Crippen LogP contribution in [0.15, 0.2) is 18.2 Å². The zero-order valence-corrected chi connectivity index (χ0v) is 12.7. The van der Waals surface area contributed by atoms with E-state index >= 15 is 0 Å². The van der Waals surface area contributed by atoms with Crippen molar-refractivity contribution < 1.29 is 0 Å². The Hall–Kier alpha value is -0.820. The van der Waals surface area contributed by atoms with Crippen LogP contribution in [0, 0.1) is 19.8 Å². The summed E-state index contributed by atoms with van der Waals surface area (Å²) in [6, 6.07) is 7.41. The first-order valence-corrected chi connectivity index (χ1v) is 7.40. The van der Waals surface area contributed by atoms with Crippen LogP contribution in [0.5, 0.6) is 0 Å². The normalized spacial score (nSPS) is 14.5. The molecule has 0 saturated heterocycles. The molecule has 0 heterocycles. The molecule has 1 nitrogen and oxygen atoms in total. The number of benzene rings is 1. The van der Waals surface area contributed by atoms with Crippen LogP contribution in [0.4, 0.5) is 0 Å². The molecule has 0 amide bonds. The van der Waals surface area contributed by atoms with E-state index < -0.39 is 0 Å². The molecule has 0 bridgehead atoms. The molecule has 0 aromatic heterocycles. The maximum Gasteiger partial charge on any atom is 0.0346 e. The smallest absolute Gasteiger partial charge is 0.0346 e. The quantitative estimate of drug-likeness (QED) is 0.731. The van der Waals surface area contributed by atoms with Crippen molar-refractivity contribution in [1.29, 1.82) is 0 Å². The minimum atomic E-state index is 0.504. The van der Waals surface area contributed by atoms with Gasteiger partial charge in [0, 0.05) is 6.04 Å². The molecule has 2 unspecified atom stereocenters. The van der Waals surface area contributed by atoms with E-state index in [0.29, 0.717) is 12.0 Å². The fourth-order valence-electron chi connectivity index (χ4n) is 2.53. The lowest BCUT2D eigenvalue weighted by atomic mass is 9.89. The molecule has 0 aliphatic rings. The second-order valence-corrected chi connectivity index (χ2v) is 5.54. The van der Waals surface area contributed by atoms with E-state index in [0.717, 1.165) is 6.54 Å². The predicted molar refractivity (Wildman–Crippen MR) is 81.0 cm³/mol. The Morgan fingerprint density at radius 2 is 1.78 bits per heavy atom. The van der Waals surface area contributed by atoms with Gasteiger partial charge in [-0.1, -0.05) is 45.4 Å². The van der Waals surface area contributed by atoms with Crippen LogP contribution in [0.25, 0.3) is 0 Å². The Bertz CT molecular complexity index is 357. The molecule has 102 valence electrons. The third-order valence-corrected chi connectivity index (χ3v) is 3.82. The van der Waals surface area contributed by atoms with E-state index in [1.165, 1.54) is 36.0 Å². The van der Waals surface area contributed by atoms with Crippen LogP contribution in [-0.4, -0.2) is 6.54 Å². The van der Waals surface area contributed by atoms with Crippen molar-refractivity contribution in [3.8, 4) is 0 Å². The second kappa shape index (κ2) is 7.58. The number of hydrogen-bond acceptors (Lipinski definition) is 1. The monoisotopic (exact) mass is 247 g/mol. The lowest BCUT2D eigenvalue weighted by Gasteiger charge is -2.26. The van der Waals surface area contributed by atoms with Gasteiger partial charge in [0.2, 0.25) is 0 Å². The van der Waals surface area contributed by atoms with Crippen molar-refractivity contribution in [3.05, 3.63) is 34.9 Å². The Morgan fingerprint density at radius 1 is 1.06 bits per heavy atom. The molecule has 1 N–H and O–H groups in total. The van der Waals surface area contributed by atoms with Crippen LogP contribution in [0.1, 0.15) is 62.8 Å². The van der Waals surface area contributed by atoms with Gasteiger partial charge in [-0.05, 0) is 55.8 Å². The first-order valence-electron chi connectivity index (χ1n) is 7.40. The fraction of sp³-hybridized carbons (Fsp3) is 0.647. The molecule has 2 atom stereocenters. The van der Waals surface area contributed by atoms with E-state index in [9.17, 15) is 0 Å². The van der Waals surface area contributed by atoms with Crippen LogP contribution in [-0.2, 0) is 0 Å². The van der Waals surface area contributed by atoms with Crippen molar-refractivity contribution in [2.45, 2.75) is 59.9 Å². The third kappa shape index (κ3) is 4.13. The summed E-state index contributed by atoms with van der Waals surface area (Å²) in [6.45, 7) is 12.4. The number of rotatable bonds is 7. The van der Waals surface area contributed by atoms with E-state index in [1.54, 1.807) is 0 Å². The average molecular weight is 247 g/mol. The maximum atomic E-state index is 3.72. The molecule has 0 aliphatic carbocycles. The first kappa shape index (κ1) is 15.2. The van der Waals surface area contributed by atoms with Crippen LogP contribution >= 0.6 is 0 Å². The van der Waals surface area contributed by atoms with Crippen molar-refractivity contribution in [3.63, 3.8) is 0 Å². The summed E-state index contributed by atoms with van der Waals surface area (Å²) in [4.78, 5) is 0. The van der Waals surface area contributed by atoms with E-state index in [1.807, 2.05) is 0 Å². The summed E-state index contributed by atoms with van der Waals surface area (Å²) in [5.74, 6) is 0.698.